The minimum absolute atomic E-state index is 0.0441. The van der Waals surface area contributed by atoms with E-state index in [9.17, 15) is 44.1 Å². The van der Waals surface area contributed by atoms with Crippen LogP contribution in [0.2, 0.25) is 0 Å². The summed E-state index contributed by atoms with van der Waals surface area (Å²) >= 11 is 19.1. The summed E-state index contributed by atoms with van der Waals surface area (Å²) in [4.78, 5) is 30.7. The molecule has 0 fully saturated rings. The third-order valence-corrected chi connectivity index (χ3v) is 5.84. The average Bonchev–Trinajstić information content (AvgIpc) is 3.00. The molecule has 0 amide bonds. The van der Waals surface area contributed by atoms with Crippen LogP contribution < -0.4 is 20.6 Å². The van der Waals surface area contributed by atoms with Crippen molar-refractivity contribution in [3.8, 4) is 0 Å². The largest absolute Gasteiger partial charge is 0.673 e. The van der Waals surface area contributed by atoms with Gasteiger partial charge in [-0.15, -0.1) is 46.4 Å². The van der Waals surface area contributed by atoms with Gasteiger partial charge in [-0.25, -0.2) is 9.98 Å². The molecule has 340 valence electrons. The zero-order chi connectivity index (χ0) is 46.9. The summed E-state index contributed by atoms with van der Waals surface area (Å²) in [6.07, 6.45) is 6.77. The Morgan fingerprint density at radius 1 is 0.517 bits per heavy atom. The normalized spacial score (nSPS) is 16.0. The first kappa shape index (κ1) is 62.2. The van der Waals surface area contributed by atoms with Gasteiger partial charge in [0.1, 0.15) is 24.6 Å². The van der Waals surface area contributed by atoms with Gasteiger partial charge >= 0.3 is 14.5 Å². The number of halogens is 12. The van der Waals surface area contributed by atoms with Gasteiger partial charge in [0.2, 0.25) is 11.4 Å². The minimum atomic E-state index is -6.00. The molecule has 0 radical (unpaired) electrons. The van der Waals surface area contributed by atoms with Crippen molar-refractivity contribution in [2.75, 3.05) is 51.1 Å². The Hall–Kier alpha value is -2.43. The van der Waals surface area contributed by atoms with Crippen molar-refractivity contribution >= 4 is 83.9 Å². The van der Waals surface area contributed by atoms with Crippen molar-refractivity contribution in [1.29, 1.82) is 0 Å². The van der Waals surface area contributed by atoms with Crippen molar-refractivity contribution in [3.05, 3.63) is 47.2 Å². The maximum atomic E-state index is 12.1. The fraction of sp³-hybridized carbons (Fsp3) is 0.667. The molecule has 58 heavy (non-hydrogen) atoms. The first-order valence-corrected chi connectivity index (χ1v) is 19.7. The Morgan fingerprint density at radius 3 is 0.914 bits per heavy atom. The molecule has 2 aliphatic rings. The summed E-state index contributed by atoms with van der Waals surface area (Å²) in [5, 5.41) is 7.12. The number of rotatable bonds is 8. The molecule has 0 spiro atoms. The number of ether oxygens (including phenoxy) is 2. The number of hydrogen-bond donors (Lipinski definition) is 4. The molecule has 4 N–H and O–H groups in total. The Labute approximate surface area is 359 Å². The number of ketones is 2. The highest BCUT2D eigenvalue weighted by Crippen LogP contribution is 2.18. The van der Waals surface area contributed by atoms with E-state index >= 15 is 0 Å². The third kappa shape index (κ3) is 44.7. The lowest BCUT2D eigenvalue weighted by molar-refractivity contribution is -0.471. The van der Waals surface area contributed by atoms with Crippen molar-refractivity contribution in [2.45, 2.75) is 83.1 Å². The molecule has 8 nitrogen and oxygen atoms in total. The molecule has 0 aromatic rings. The van der Waals surface area contributed by atoms with Gasteiger partial charge in [0.15, 0.2) is 0 Å². The number of carbonyl (C=O) groups is 2. The molecular formula is C36H62B2Cl4F8N4O4. The number of hydrogen-bond acceptors (Lipinski definition) is 6. The molecule has 0 aromatic carbocycles. The van der Waals surface area contributed by atoms with Crippen LogP contribution >= 0.6 is 46.4 Å². The highest BCUT2D eigenvalue weighted by Gasteiger charge is 2.27. The molecule has 0 bridgehead atoms. The summed E-state index contributed by atoms with van der Waals surface area (Å²) in [5.74, 6) is 1.09. The number of carbonyl (C=O) groups excluding carboxylic acids is 2. The van der Waals surface area contributed by atoms with Crippen molar-refractivity contribution < 1.29 is 63.6 Å². The van der Waals surface area contributed by atoms with Gasteiger partial charge in [0.05, 0.1) is 36.3 Å². The molecule has 2 aliphatic carbocycles. The van der Waals surface area contributed by atoms with Gasteiger partial charge in [-0.1, -0.05) is 83.1 Å². The van der Waals surface area contributed by atoms with Gasteiger partial charge < -0.3 is 54.6 Å². The Balaban J connectivity index is -0.000000367. The summed E-state index contributed by atoms with van der Waals surface area (Å²) in [6, 6.07) is 0. The van der Waals surface area contributed by atoms with Gasteiger partial charge in [0.25, 0.3) is 11.6 Å². The van der Waals surface area contributed by atoms with E-state index in [0.717, 1.165) is 37.6 Å². The summed E-state index contributed by atoms with van der Waals surface area (Å²) in [6.45, 7) is 28.8. The Morgan fingerprint density at radius 2 is 0.741 bits per heavy atom. The van der Waals surface area contributed by atoms with Crippen LogP contribution in [0.1, 0.15) is 83.1 Å². The lowest BCUT2D eigenvalue weighted by Gasteiger charge is -2.23. The van der Waals surface area contributed by atoms with E-state index in [0.29, 0.717) is 22.9 Å². The Bertz CT molecular complexity index is 1310. The number of alkyl halides is 4. The highest BCUT2D eigenvalue weighted by atomic mass is 35.5. The van der Waals surface area contributed by atoms with E-state index in [4.69, 9.17) is 55.9 Å². The SMILES string of the molecule is COC1=CC(=O)C(=[NH+]CC(C)(C)C)C=C1NCC(C)(C)C.COC1=CC(=O)C(=[NH+]CC(C)(C)C)C=C1NCC(C)(C)C.ClCCl.ClCCl.F[B-](F)(F)F.F[B-](F)(F)F. The minimum Gasteiger partial charge on any atom is -0.494 e. The van der Waals surface area contributed by atoms with E-state index in [1.165, 1.54) is 12.2 Å². The second-order valence-corrected chi connectivity index (χ2v) is 18.6. The fourth-order valence-corrected chi connectivity index (χ4v) is 3.45. The Kier molecular flexibility index (Phi) is 31.0. The number of allylic oxidation sites excluding steroid dienone is 4. The van der Waals surface area contributed by atoms with E-state index in [2.05, 4.69) is 104 Å². The summed E-state index contributed by atoms with van der Waals surface area (Å²) in [7, 11) is -8.83. The maximum absolute atomic E-state index is 12.1. The lowest BCUT2D eigenvalue weighted by atomic mass is 9.96. The van der Waals surface area contributed by atoms with Crippen LogP contribution in [0, 0.1) is 21.7 Å². The zero-order valence-corrected chi connectivity index (χ0v) is 38.9. The number of nitrogens with one attached hydrogen (secondary N) is 4. The van der Waals surface area contributed by atoms with E-state index in [1.807, 2.05) is 12.2 Å². The van der Waals surface area contributed by atoms with Crippen molar-refractivity contribution in [1.82, 2.24) is 10.6 Å². The van der Waals surface area contributed by atoms with Crippen molar-refractivity contribution in [2.24, 2.45) is 21.7 Å². The van der Waals surface area contributed by atoms with E-state index in [1.54, 1.807) is 14.2 Å². The van der Waals surface area contributed by atoms with Gasteiger partial charge in [0, 0.05) is 48.2 Å². The molecule has 0 atom stereocenters. The predicted molar refractivity (Wildman–Crippen MR) is 225 cm³/mol. The van der Waals surface area contributed by atoms with E-state index < -0.39 is 14.5 Å². The topological polar surface area (TPSA) is 105 Å². The van der Waals surface area contributed by atoms with Crippen molar-refractivity contribution in [3.63, 3.8) is 0 Å². The molecule has 0 unspecified atom stereocenters. The first-order valence-electron chi connectivity index (χ1n) is 17.6. The van der Waals surface area contributed by atoms with Crippen LogP contribution in [0.3, 0.4) is 0 Å². The number of methoxy groups -OCH3 is 2. The molecule has 22 heteroatoms. The van der Waals surface area contributed by atoms with Gasteiger partial charge in [-0.05, 0) is 10.8 Å². The fourth-order valence-electron chi connectivity index (χ4n) is 3.45. The van der Waals surface area contributed by atoms with Crippen LogP contribution in [-0.4, -0.2) is 88.6 Å². The molecule has 0 heterocycles. The first-order chi connectivity index (χ1) is 25.9. The van der Waals surface area contributed by atoms with Gasteiger partial charge in [-0.2, -0.15) is 0 Å². The molecule has 0 aliphatic heterocycles. The molecule has 0 saturated heterocycles. The molecule has 0 aromatic heterocycles. The molecule has 0 saturated carbocycles. The molecular weight excluding hydrogens is 868 g/mol. The van der Waals surface area contributed by atoms with E-state index in [-0.39, 0.29) is 43.9 Å². The highest BCUT2D eigenvalue weighted by molar-refractivity contribution is 6.50. The van der Waals surface area contributed by atoms with Crippen LogP contribution in [0.15, 0.2) is 47.2 Å². The van der Waals surface area contributed by atoms with Crippen LogP contribution in [0.5, 0.6) is 0 Å². The van der Waals surface area contributed by atoms with Crippen LogP contribution in [0.25, 0.3) is 0 Å². The smallest absolute Gasteiger partial charge is 0.494 e. The molecule has 2 rings (SSSR count). The van der Waals surface area contributed by atoms with Crippen LogP contribution in [0.4, 0.5) is 34.5 Å². The van der Waals surface area contributed by atoms with Crippen LogP contribution in [-0.2, 0) is 19.1 Å². The second kappa shape index (κ2) is 28.9. The summed E-state index contributed by atoms with van der Waals surface area (Å²) < 4.78 is 88.6. The third-order valence-electron chi connectivity index (χ3n) is 5.84. The summed E-state index contributed by atoms with van der Waals surface area (Å²) in [5.41, 5.74) is 3.47. The lowest BCUT2D eigenvalue weighted by Crippen LogP contribution is -2.77. The quantitative estimate of drug-likeness (QED) is 0.0858. The standard InChI is InChI=1S/2C17H28N2O2.2CH2Cl2.2BF4/c2*1-16(2,3)10-18-12-8-13(19-11-17(4,5)6)15(21-7)9-14(12)20;2*2-1-3;2*2-1(3,4)5/h2*8-9,19H,10-11H2,1-7H3;2*1H2;;/q;;;;2*-1/p+2. The van der Waals surface area contributed by atoms with Gasteiger partial charge in [-0.3, -0.25) is 9.59 Å². The maximum Gasteiger partial charge on any atom is 0.673 e. The average molecular weight is 930 g/mol. The second-order valence-electron chi connectivity index (χ2n) is 16.9. The monoisotopic (exact) mass is 928 g/mol. The zero-order valence-electron chi connectivity index (χ0n) is 35.9. The predicted octanol–water partition coefficient (Wildman–Crippen LogP) is 7.82.